The summed E-state index contributed by atoms with van der Waals surface area (Å²) in [7, 11) is 0. The Morgan fingerprint density at radius 1 is 1.04 bits per heavy atom. The van der Waals surface area contributed by atoms with Crippen molar-refractivity contribution >= 4 is 22.0 Å². The Morgan fingerprint density at radius 2 is 1.83 bits per heavy atom. The Hall–Kier alpha value is -3.18. The summed E-state index contributed by atoms with van der Waals surface area (Å²) in [5.74, 6) is 0.319. The molecule has 2 N–H and O–H groups in total. The van der Waals surface area contributed by atoms with Crippen LogP contribution in [0.3, 0.4) is 0 Å². The summed E-state index contributed by atoms with van der Waals surface area (Å²) in [5, 5.41) is 24.8. The summed E-state index contributed by atoms with van der Waals surface area (Å²) in [4.78, 5) is 10.9. The summed E-state index contributed by atoms with van der Waals surface area (Å²) in [6.45, 7) is 0. The number of ether oxygens (including phenoxy) is 1. The maximum Gasteiger partial charge on any atom is 0.150 e. The second-order valence-corrected chi connectivity index (χ2v) is 5.59. The first-order valence-electron chi connectivity index (χ1n) is 7.42. The van der Waals surface area contributed by atoms with Crippen LogP contribution in [0.15, 0.2) is 66.0 Å². The minimum absolute atomic E-state index is 0.0704. The van der Waals surface area contributed by atoms with Crippen LogP contribution in [0.1, 0.15) is 17.2 Å². The van der Waals surface area contributed by atoms with Crippen LogP contribution in [0.2, 0.25) is 0 Å². The van der Waals surface area contributed by atoms with E-state index in [9.17, 15) is 15.1 Å². The average Bonchev–Trinajstić information content (AvgIpc) is 2.62. The van der Waals surface area contributed by atoms with E-state index in [0.29, 0.717) is 27.7 Å². The summed E-state index contributed by atoms with van der Waals surface area (Å²) in [6, 6.07) is 15.9. The maximum atomic E-state index is 10.9. The molecule has 5 nitrogen and oxygen atoms in total. The van der Waals surface area contributed by atoms with E-state index in [0.717, 1.165) is 5.56 Å². The van der Waals surface area contributed by atoms with Crippen LogP contribution in [0.4, 0.5) is 5.69 Å². The van der Waals surface area contributed by atoms with Crippen molar-refractivity contribution in [3.8, 4) is 11.5 Å². The minimum Gasteiger partial charge on any atom is -0.506 e. The van der Waals surface area contributed by atoms with Crippen molar-refractivity contribution in [2.75, 3.05) is 0 Å². The summed E-state index contributed by atoms with van der Waals surface area (Å²) >= 11 is 0. The van der Waals surface area contributed by atoms with Gasteiger partial charge in [-0.25, -0.2) is 0 Å². The number of aromatic hydroxyl groups is 1. The van der Waals surface area contributed by atoms with E-state index in [1.807, 2.05) is 30.3 Å². The van der Waals surface area contributed by atoms with Crippen LogP contribution < -0.4 is 4.74 Å². The van der Waals surface area contributed by atoms with Crippen LogP contribution in [0.5, 0.6) is 11.5 Å². The molecule has 118 valence electrons. The second-order valence-electron chi connectivity index (χ2n) is 5.59. The number of rotatable bonds is 2. The van der Waals surface area contributed by atoms with E-state index in [2.05, 4.69) is 5.18 Å². The smallest absolute Gasteiger partial charge is 0.150 e. The molecule has 0 fully saturated rings. The Morgan fingerprint density at radius 3 is 2.58 bits per heavy atom. The number of aliphatic hydroxyl groups excluding tert-OH is 1. The molecule has 0 radical (unpaired) electrons. The maximum absolute atomic E-state index is 10.9. The number of benzene rings is 3. The fraction of sp³-hybridized carbons (Fsp3) is 0.0526. The molecule has 1 heterocycles. The Balaban J connectivity index is 1.93. The van der Waals surface area contributed by atoms with Crippen molar-refractivity contribution in [1.82, 2.24) is 0 Å². The molecular formula is C19H13NO4. The number of nitroso groups, excluding NO2 is 1. The molecule has 0 saturated heterocycles. The van der Waals surface area contributed by atoms with Crippen molar-refractivity contribution in [3.05, 3.63) is 76.9 Å². The highest BCUT2D eigenvalue weighted by Gasteiger charge is 2.26. The number of aliphatic hydroxyl groups is 1. The monoisotopic (exact) mass is 319 g/mol. The zero-order valence-corrected chi connectivity index (χ0v) is 12.5. The molecule has 24 heavy (non-hydrogen) atoms. The molecule has 0 aromatic heterocycles. The van der Waals surface area contributed by atoms with Crippen LogP contribution in [0, 0.1) is 4.91 Å². The molecule has 3 aromatic rings. The van der Waals surface area contributed by atoms with Crippen LogP contribution in [-0.2, 0) is 0 Å². The van der Waals surface area contributed by atoms with Gasteiger partial charge in [0.15, 0.2) is 0 Å². The molecule has 3 aromatic carbocycles. The second kappa shape index (κ2) is 5.47. The fourth-order valence-corrected chi connectivity index (χ4v) is 3.01. The molecule has 5 heteroatoms. The number of phenols is 1. The van der Waals surface area contributed by atoms with Gasteiger partial charge in [0.2, 0.25) is 0 Å². The van der Waals surface area contributed by atoms with Gasteiger partial charge in [-0.05, 0) is 39.7 Å². The number of nitrogens with zero attached hydrogens (tertiary/aromatic N) is 1. The predicted octanol–water partition coefficient (Wildman–Crippen LogP) is 4.41. The number of hydrogen-bond donors (Lipinski definition) is 2. The normalized spacial score (nSPS) is 16.2. The lowest BCUT2D eigenvalue weighted by Crippen LogP contribution is -2.10. The molecule has 0 amide bonds. The molecule has 0 saturated carbocycles. The summed E-state index contributed by atoms with van der Waals surface area (Å²) in [6.07, 6.45) is 0.622. The Labute approximate surface area is 137 Å². The van der Waals surface area contributed by atoms with Crippen molar-refractivity contribution in [2.45, 2.75) is 6.10 Å². The SMILES string of the molecule is O=Nc1cc2c3c(ccc2cc1O)OC=C(c1ccccc1)C3O. The van der Waals surface area contributed by atoms with Gasteiger partial charge in [-0.3, -0.25) is 0 Å². The number of phenolic OH excluding ortho intramolecular Hbond substituents is 1. The van der Waals surface area contributed by atoms with E-state index in [1.54, 1.807) is 12.1 Å². The summed E-state index contributed by atoms with van der Waals surface area (Å²) < 4.78 is 5.68. The largest absolute Gasteiger partial charge is 0.506 e. The van der Waals surface area contributed by atoms with Gasteiger partial charge in [0, 0.05) is 11.1 Å². The zero-order valence-electron chi connectivity index (χ0n) is 12.5. The summed E-state index contributed by atoms with van der Waals surface area (Å²) in [5.41, 5.74) is 1.96. The predicted molar refractivity (Wildman–Crippen MR) is 91.1 cm³/mol. The molecule has 1 unspecified atom stereocenters. The van der Waals surface area contributed by atoms with Crippen molar-refractivity contribution in [1.29, 1.82) is 0 Å². The van der Waals surface area contributed by atoms with E-state index < -0.39 is 6.10 Å². The first kappa shape index (κ1) is 14.4. The molecule has 0 bridgehead atoms. The third-order valence-electron chi connectivity index (χ3n) is 4.20. The number of hydrogen-bond acceptors (Lipinski definition) is 5. The van der Waals surface area contributed by atoms with Crippen molar-refractivity contribution in [3.63, 3.8) is 0 Å². The van der Waals surface area contributed by atoms with Crippen LogP contribution in [-0.4, -0.2) is 10.2 Å². The molecule has 4 rings (SSSR count). The van der Waals surface area contributed by atoms with Crippen molar-refractivity contribution in [2.24, 2.45) is 5.18 Å². The van der Waals surface area contributed by atoms with E-state index in [4.69, 9.17) is 4.74 Å². The third kappa shape index (κ3) is 2.14. The van der Waals surface area contributed by atoms with Crippen LogP contribution >= 0.6 is 0 Å². The lowest BCUT2D eigenvalue weighted by Gasteiger charge is -2.24. The first-order chi connectivity index (χ1) is 11.7. The van der Waals surface area contributed by atoms with Gasteiger partial charge in [0.25, 0.3) is 0 Å². The fourth-order valence-electron chi connectivity index (χ4n) is 3.01. The van der Waals surface area contributed by atoms with E-state index in [-0.39, 0.29) is 11.4 Å². The Bertz CT molecular complexity index is 980. The van der Waals surface area contributed by atoms with Gasteiger partial charge in [-0.1, -0.05) is 36.4 Å². The van der Waals surface area contributed by atoms with E-state index >= 15 is 0 Å². The molecular weight excluding hydrogens is 306 g/mol. The van der Waals surface area contributed by atoms with Gasteiger partial charge < -0.3 is 14.9 Å². The van der Waals surface area contributed by atoms with Crippen molar-refractivity contribution < 1.29 is 14.9 Å². The Kier molecular flexibility index (Phi) is 3.29. The first-order valence-corrected chi connectivity index (χ1v) is 7.42. The number of fused-ring (bicyclic) bond motifs is 3. The zero-order chi connectivity index (χ0) is 16.7. The minimum atomic E-state index is -0.913. The third-order valence-corrected chi connectivity index (χ3v) is 4.20. The lowest BCUT2D eigenvalue weighted by atomic mass is 9.90. The van der Waals surface area contributed by atoms with Gasteiger partial charge in [-0.2, -0.15) is 0 Å². The molecule has 1 aliphatic heterocycles. The molecule has 0 spiro atoms. The van der Waals surface area contributed by atoms with Gasteiger partial charge in [-0.15, -0.1) is 4.91 Å². The van der Waals surface area contributed by atoms with E-state index in [1.165, 1.54) is 18.4 Å². The topological polar surface area (TPSA) is 79.1 Å². The average molecular weight is 319 g/mol. The van der Waals surface area contributed by atoms with Gasteiger partial charge in [0.1, 0.15) is 23.3 Å². The quantitative estimate of drug-likeness (QED) is 0.686. The lowest BCUT2D eigenvalue weighted by molar-refractivity contribution is 0.226. The van der Waals surface area contributed by atoms with Gasteiger partial charge in [0.05, 0.1) is 6.26 Å². The standard InChI is InChI=1S/C19H13NO4/c21-16-8-12-6-7-17-18(13(12)9-15(16)20-23)19(22)14(10-24-17)11-4-2-1-3-5-11/h1-10,19,21-22H. The highest BCUT2D eigenvalue weighted by Crippen LogP contribution is 2.45. The van der Waals surface area contributed by atoms with Gasteiger partial charge >= 0.3 is 0 Å². The molecule has 1 aliphatic rings. The highest BCUT2D eigenvalue weighted by molar-refractivity contribution is 5.94. The highest BCUT2D eigenvalue weighted by atomic mass is 16.5. The molecule has 0 aliphatic carbocycles. The molecule has 1 atom stereocenters. The van der Waals surface area contributed by atoms with Crippen LogP contribution in [0.25, 0.3) is 16.3 Å².